The van der Waals surface area contributed by atoms with Crippen molar-refractivity contribution in [1.29, 1.82) is 0 Å². The molecule has 1 aromatic carbocycles. The van der Waals surface area contributed by atoms with Gasteiger partial charge < -0.3 is 13.9 Å². The van der Waals surface area contributed by atoms with Crippen LogP contribution in [0.1, 0.15) is 46.2 Å². The number of halogens is 2. The van der Waals surface area contributed by atoms with E-state index in [1.165, 1.54) is 0 Å². The van der Waals surface area contributed by atoms with E-state index in [1.807, 2.05) is 46.8 Å². The number of rotatable bonds is 3. The van der Waals surface area contributed by atoms with Crippen molar-refractivity contribution >= 4 is 35.8 Å². The van der Waals surface area contributed by atoms with Crippen LogP contribution in [0, 0.1) is 0 Å². The summed E-state index contributed by atoms with van der Waals surface area (Å²) < 4.78 is 13.7. The largest absolute Gasteiger partial charge is 0.495 e. The molecular weight excluding hydrogens is 372 g/mol. The van der Waals surface area contributed by atoms with Crippen molar-refractivity contribution in [2.45, 2.75) is 51.9 Å². The van der Waals surface area contributed by atoms with E-state index in [-0.39, 0.29) is 11.6 Å². The molecule has 3 rings (SSSR count). The molecule has 0 bridgehead atoms. The summed E-state index contributed by atoms with van der Waals surface area (Å²) in [5.41, 5.74) is 0.603. The zero-order valence-corrected chi connectivity index (χ0v) is 17.1. The lowest BCUT2D eigenvalue weighted by molar-refractivity contribution is 0.00578. The highest BCUT2D eigenvalue weighted by Crippen LogP contribution is 2.36. The molecule has 0 saturated carbocycles. The quantitative estimate of drug-likeness (QED) is 0.738. The molecule has 1 atom stereocenters. The minimum absolute atomic E-state index is 0.129. The molecule has 2 heterocycles. The maximum Gasteiger partial charge on any atom is 0.495 e. The number of benzene rings is 1. The van der Waals surface area contributed by atoms with Crippen LogP contribution in [-0.4, -0.2) is 22.9 Å². The average Bonchev–Trinajstić information content (AvgIpc) is 2.77. The third kappa shape index (κ3) is 3.46. The molecule has 1 aliphatic rings. The lowest BCUT2D eigenvalue weighted by Crippen LogP contribution is -2.41. The molecule has 26 heavy (non-hydrogen) atoms. The normalized spacial score (nSPS) is 19.6. The number of pyridine rings is 1. The standard InChI is InChI=1S/C19H22BCl2NO3/c1-12(13-6-7-15(21)16(22)10-13)23-9-8-14(11-17(23)24)20-25-18(2,3)19(4,5)26-20/h6-12H,1-5H3. The molecule has 0 radical (unpaired) electrons. The fourth-order valence-electron chi connectivity index (χ4n) is 2.88. The second kappa shape index (κ2) is 6.72. The van der Waals surface area contributed by atoms with Gasteiger partial charge in [0.2, 0.25) is 0 Å². The van der Waals surface area contributed by atoms with Crippen LogP contribution >= 0.6 is 23.2 Å². The highest BCUT2D eigenvalue weighted by Gasteiger charge is 2.51. The molecule has 1 aliphatic heterocycles. The van der Waals surface area contributed by atoms with Gasteiger partial charge in [-0.2, -0.15) is 0 Å². The first-order valence-electron chi connectivity index (χ1n) is 8.54. The van der Waals surface area contributed by atoms with Crippen LogP contribution in [0.4, 0.5) is 0 Å². The first kappa shape index (κ1) is 19.5. The predicted molar refractivity (Wildman–Crippen MR) is 107 cm³/mol. The van der Waals surface area contributed by atoms with Crippen molar-refractivity contribution in [2.24, 2.45) is 0 Å². The molecule has 4 nitrogen and oxygen atoms in total. The second-order valence-corrected chi connectivity index (χ2v) is 8.46. The Bertz CT molecular complexity index is 879. The predicted octanol–water partition coefficient (Wildman–Crippen LogP) is 4.06. The molecular formula is C19H22BCl2NO3. The maximum atomic E-state index is 12.7. The lowest BCUT2D eigenvalue weighted by Gasteiger charge is -2.32. The Morgan fingerprint density at radius 1 is 1.00 bits per heavy atom. The molecule has 0 aliphatic carbocycles. The molecule has 0 N–H and O–H groups in total. The van der Waals surface area contributed by atoms with E-state index in [0.29, 0.717) is 15.5 Å². The monoisotopic (exact) mass is 393 g/mol. The zero-order valence-electron chi connectivity index (χ0n) is 15.5. The fraction of sp³-hybridized carbons (Fsp3) is 0.421. The summed E-state index contributed by atoms with van der Waals surface area (Å²) in [6, 6.07) is 8.63. The Balaban J connectivity index is 1.89. The van der Waals surface area contributed by atoms with E-state index in [1.54, 1.807) is 29.0 Å². The van der Waals surface area contributed by atoms with Crippen molar-refractivity contribution < 1.29 is 9.31 Å². The summed E-state index contributed by atoms with van der Waals surface area (Å²) in [4.78, 5) is 12.7. The van der Waals surface area contributed by atoms with E-state index in [9.17, 15) is 4.79 Å². The SMILES string of the molecule is CC(c1ccc(Cl)c(Cl)c1)n1ccc(B2OC(C)(C)C(C)(C)O2)cc1=O. The van der Waals surface area contributed by atoms with Crippen molar-refractivity contribution in [2.75, 3.05) is 0 Å². The molecule has 1 aromatic heterocycles. The van der Waals surface area contributed by atoms with E-state index in [2.05, 4.69) is 0 Å². The van der Waals surface area contributed by atoms with Crippen molar-refractivity contribution in [3.8, 4) is 0 Å². The third-order valence-corrected chi connectivity index (χ3v) is 6.08. The van der Waals surface area contributed by atoms with Crippen molar-refractivity contribution in [3.05, 3.63) is 62.5 Å². The number of nitrogens with zero attached hydrogens (tertiary/aromatic N) is 1. The third-order valence-electron chi connectivity index (χ3n) is 5.34. The summed E-state index contributed by atoms with van der Waals surface area (Å²) >= 11 is 12.1. The second-order valence-electron chi connectivity index (χ2n) is 7.64. The Hall–Kier alpha value is -1.27. The van der Waals surface area contributed by atoms with E-state index in [0.717, 1.165) is 5.56 Å². The van der Waals surface area contributed by atoms with Gasteiger partial charge in [-0.3, -0.25) is 4.79 Å². The van der Waals surface area contributed by atoms with Crippen LogP contribution in [0.5, 0.6) is 0 Å². The van der Waals surface area contributed by atoms with Crippen LogP contribution in [0.3, 0.4) is 0 Å². The number of hydrogen-bond acceptors (Lipinski definition) is 3. The first-order chi connectivity index (χ1) is 12.0. The van der Waals surface area contributed by atoms with Gasteiger partial charge in [0.05, 0.1) is 27.3 Å². The van der Waals surface area contributed by atoms with E-state index in [4.69, 9.17) is 32.5 Å². The molecule has 138 valence electrons. The van der Waals surface area contributed by atoms with E-state index < -0.39 is 18.3 Å². The lowest BCUT2D eigenvalue weighted by atomic mass is 9.80. The van der Waals surface area contributed by atoms with Gasteiger partial charge in [0.1, 0.15) is 0 Å². The average molecular weight is 394 g/mol. The smallest absolute Gasteiger partial charge is 0.399 e. The van der Waals surface area contributed by atoms with Crippen molar-refractivity contribution in [3.63, 3.8) is 0 Å². The molecule has 0 amide bonds. The molecule has 2 aromatic rings. The molecule has 1 fully saturated rings. The summed E-state index contributed by atoms with van der Waals surface area (Å²) in [5.74, 6) is 0. The zero-order chi connectivity index (χ0) is 19.3. The molecule has 0 spiro atoms. The van der Waals surface area contributed by atoms with Gasteiger partial charge in [0, 0.05) is 12.3 Å². The van der Waals surface area contributed by atoms with Crippen LogP contribution < -0.4 is 11.0 Å². The van der Waals surface area contributed by atoms with Crippen LogP contribution in [0.25, 0.3) is 0 Å². The van der Waals surface area contributed by atoms with Crippen molar-refractivity contribution in [1.82, 2.24) is 4.57 Å². The number of hydrogen-bond donors (Lipinski definition) is 0. The minimum atomic E-state index is -0.553. The van der Waals surface area contributed by atoms with E-state index >= 15 is 0 Å². The molecule has 1 unspecified atom stereocenters. The fourth-order valence-corrected chi connectivity index (χ4v) is 3.19. The van der Waals surface area contributed by atoms with Gasteiger partial charge in [-0.1, -0.05) is 29.3 Å². The highest BCUT2D eigenvalue weighted by atomic mass is 35.5. The van der Waals surface area contributed by atoms with Crippen LogP contribution in [0.15, 0.2) is 41.3 Å². The first-order valence-corrected chi connectivity index (χ1v) is 9.30. The Morgan fingerprint density at radius 3 is 2.15 bits per heavy atom. The van der Waals surface area contributed by atoms with Gasteiger partial charge in [0.25, 0.3) is 5.56 Å². The highest BCUT2D eigenvalue weighted by molar-refractivity contribution is 6.62. The van der Waals surface area contributed by atoms with Gasteiger partial charge in [-0.15, -0.1) is 0 Å². The topological polar surface area (TPSA) is 40.5 Å². The van der Waals surface area contributed by atoms with Gasteiger partial charge in [-0.25, -0.2) is 0 Å². The maximum absolute atomic E-state index is 12.7. The van der Waals surface area contributed by atoms with Gasteiger partial charge in [0.15, 0.2) is 0 Å². The minimum Gasteiger partial charge on any atom is -0.399 e. The summed E-state index contributed by atoms with van der Waals surface area (Å²) in [5, 5.41) is 0.962. The molecule has 7 heteroatoms. The molecule has 1 saturated heterocycles. The van der Waals surface area contributed by atoms with Crippen LogP contribution in [0.2, 0.25) is 10.0 Å². The van der Waals surface area contributed by atoms with Gasteiger partial charge in [-0.05, 0) is 63.8 Å². The summed E-state index contributed by atoms with van der Waals surface area (Å²) in [6.07, 6.45) is 1.76. The summed E-state index contributed by atoms with van der Waals surface area (Å²) in [7, 11) is -0.553. The van der Waals surface area contributed by atoms with Gasteiger partial charge >= 0.3 is 7.12 Å². The number of aromatic nitrogens is 1. The Labute approximate surface area is 164 Å². The Morgan fingerprint density at radius 2 is 1.62 bits per heavy atom. The Kier molecular flexibility index (Phi) is 5.04. The summed E-state index contributed by atoms with van der Waals surface area (Å²) in [6.45, 7) is 9.89. The van der Waals surface area contributed by atoms with Crippen LogP contribution in [-0.2, 0) is 9.31 Å².